The van der Waals surface area contributed by atoms with Crippen LogP contribution in [0, 0.1) is 0 Å². The number of imidazole rings is 2. The summed E-state index contributed by atoms with van der Waals surface area (Å²) in [5.41, 5.74) is 15.4. The minimum atomic E-state index is 0.916. The van der Waals surface area contributed by atoms with E-state index in [1.54, 1.807) is 0 Å². The number of nitrogens with zero attached hydrogens (tertiary/aromatic N) is 4. The largest absolute Gasteiger partial charge is 0.292 e. The van der Waals surface area contributed by atoms with Gasteiger partial charge >= 0.3 is 0 Å². The summed E-state index contributed by atoms with van der Waals surface area (Å²) in [5.74, 6) is 1.83. The Bertz CT molecular complexity index is 3610. The number of para-hydroxylation sites is 5. The summed E-state index contributed by atoms with van der Waals surface area (Å²) >= 11 is 0. The fourth-order valence-corrected chi connectivity index (χ4v) is 9.39. The molecule has 0 N–H and O–H groups in total. The molecule has 0 radical (unpaired) electrons. The van der Waals surface area contributed by atoms with Crippen molar-refractivity contribution >= 4 is 43.6 Å². The standard InChI is InChI=1S/C58H38N4/c1-5-19-39(20-6-1)55-47-36-34-44(61-53-31-17-14-28-50(53)59-57(61)41-23-9-3-10-24-41)38-49(47)56(40-21-7-2-8-22-40)46-35-33-43(37-48(46)55)45-27-13-16-30-52(45)62-54-32-18-15-29-51(54)60-58(62)42-25-11-4-12-26-42/h1-38H. The van der Waals surface area contributed by atoms with E-state index in [0.29, 0.717) is 0 Å². The molecule has 4 nitrogen and oxygen atoms in total. The smallest absolute Gasteiger partial charge is 0.145 e. The van der Waals surface area contributed by atoms with Crippen molar-refractivity contribution in [2.75, 3.05) is 0 Å². The summed E-state index contributed by atoms with van der Waals surface area (Å²) in [6, 6.07) is 82.3. The van der Waals surface area contributed by atoms with E-state index in [1.807, 2.05) is 0 Å². The van der Waals surface area contributed by atoms with E-state index in [1.165, 1.54) is 43.8 Å². The highest BCUT2D eigenvalue weighted by atomic mass is 15.1. The number of benzene rings is 10. The predicted octanol–water partition coefficient (Wildman–Crippen LogP) is 15.0. The van der Waals surface area contributed by atoms with Crippen LogP contribution in [0.25, 0.3) is 111 Å². The molecule has 0 saturated carbocycles. The summed E-state index contributed by atoms with van der Waals surface area (Å²) in [6.07, 6.45) is 0. The normalized spacial score (nSPS) is 11.5. The average molecular weight is 791 g/mol. The van der Waals surface area contributed by atoms with Gasteiger partial charge in [0.1, 0.15) is 11.6 Å². The van der Waals surface area contributed by atoms with Crippen molar-refractivity contribution in [2.24, 2.45) is 0 Å². The van der Waals surface area contributed by atoms with E-state index in [0.717, 1.165) is 67.3 Å². The zero-order valence-electron chi connectivity index (χ0n) is 33.7. The van der Waals surface area contributed by atoms with Crippen LogP contribution in [0.15, 0.2) is 231 Å². The third-order valence-electron chi connectivity index (χ3n) is 12.1. The van der Waals surface area contributed by atoms with Gasteiger partial charge in [-0.2, -0.15) is 0 Å². The third-order valence-corrected chi connectivity index (χ3v) is 12.1. The molecule has 4 heteroatoms. The van der Waals surface area contributed by atoms with Crippen molar-refractivity contribution in [3.8, 4) is 67.5 Å². The minimum Gasteiger partial charge on any atom is -0.292 e. The van der Waals surface area contributed by atoms with Crippen molar-refractivity contribution < 1.29 is 0 Å². The van der Waals surface area contributed by atoms with E-state index in [-0.39, 0.29) is 0 Å². The lowest BCUT2D eigenvalue weighted by Crippen LogP contribution is -2.00. The van der Waals surface area contributed by atoms with Crippen LogP contribution in [-0.2, 0) is 0 Å². The fourth-order valence-electron chi connectivity index (χ4n) is 9.39. The molecule has 2 aromatic heterocycles. The van der Waals surface area contributed by atoms with Gasteiger partial charge in [-0.25, -0.2) is 9.97 Å². The average Bonchev–Trinajstić information content (AvgIpc) is 3.94. The maximum Gasteiger partial charge on any atom is 0.145 e. The van der Waals surface area contributed by atoms with Crippen LogP contribution in [0.3, 0.4) is 0 Å². The first-order chi connectivity index (χ1) is 30.8. The van der Waals surface area contributed by atoms with Gasteiger partial charge in [0.05, 0.1) is 27.8 Å². The summed E-state index contributed by atoms with van der Waals surface area (Å²) in [7, 11) is 0. The number of aromatic nitrogens is 4. The number of fused-ring (bicyclic) bond motifs is 4. The van der Waals surface area contributed by atoms with Crippen LogP contribution < -0.4 is 0 Å². The molecule has 12 rings (SSSR count). The van der Waals surface area contributed by atoms with Gasteiger partial charge in [-0.15, -0.1) is 0 Å². The molecule has 0 spiro atoms. The van der Waals surface area contributed by atoms with Crippen LogP contribution >= 0.6 is 0 Å². The fraction of sp³-hybridized carbons (Fsp3) is 0. The van der Waals surface area contributed by atoms with Crippen LogP contribution in [-0.4, -0.2) is 19.1 Å². The highest BCUT2D eigenvalue weighted by molar-refractivity contribution is 6.22. The van der Waals surface area contributed by atoms with Crippen molar-refractivity contribution in [3.63, 3.8) is 0 Å². The van der Waals surface area contributed by atoms with Crippen LogP contribution in [0.4, 0.5) is 0 Å². The van der Waals surface area contributed by atoms with E-state index < -0.39 is 0 Å². The van der Waals surface area contributed by atoms with Gasteiger partial charge in [0.25, 0.3) is 0 Å². The number of rotatable bonds is 7. The van der Waals surface area contributed by atoms with Gasteiger partial charge in [-0.1, -0.05) is 182 Å². The molecule has 0 unspecified atom stereocenters. The first kappa shape index (κ1) is 35.6. The highest BCUT2D eigenvalue weighted by Crippen LogP contribution is 2.46. The molecular weight excluding hydrogens is 753 g/mol. The van der Waals surface area contributed by atoms with E-state index in [9.17, 15) is 0 Å². The molecule has 0 saturated heterocycles. The number of hydrogen-bond acceptors (Lipinski definition) is 2. The summed E-state index contributed by atoms with van der Waals surface area (Å²) in [5, 5.41) is 4.76. The molecule has 0 aliphatic carbocycles. The summed E-state index contributed by atoms with van der Waals surface area (Å²) in [6.45, 7) is 0. The summed E-state index contributed by atoms with van der Waals surface area (Å²) < 4.78 is 4.64. The quantitative estimate of drug-likeness (QED) is 0.151. The Labute approximate surface area is 359 Å². The molecular formula is C58H38N4. The Kier molecular flexibility index (Phi) is 8.46. The predicted molar refractivity (Wildman–Crippen MR) is 258 cm³/mol. The first-order valence-electron chi connectivity index (χ1n) is 21.1. The van der Waals surface area contributed by atoms with Crippen LogP contribution in [0.1, 0.15) is 0 Å². The molecule has 0 aliphatic rings. The second-order valence-electron chi connectivity index (χ2n) is 15.7. The lowest BCUT2D eigenvalue weighted by molar-refractivity contribution is 1.10. The Morgan fingerprint density at radius 2 is 0.726 bits per heavy atom. The van der Waals surface area contributed by atoms with E-state index >= 15 is 0 Å². The van der Waals surface area contributed by atoms with E-state index in [4.69, 9.17) is 9.97 Å². The SMILES string of the molecule is c1ccc(-c2c3ccc(-n4c(-c5ccccc5)nc5ccccc54)cc3c(-c3ccccc3)c3ccc(-c4ccccc4-n4c(-c5ccccc5)nc5ccccc54)cc23)cc1. The van der Waals surface area contributed by atoms with Crippen LogP contribution in [0.5, 0.6) is 0 Å². The molecule has 290 valence electrons. The van der Waals surface area contributed by atoms with Gasteiger partial charge in [0, 0.05) is 22.4 Å². The lowest BCUT2D eigenvalue weighted by Gasteiger charge is -2.21. The van der Waals surface area contributed by atoms with Gasteiger partial charge in [-0.05, 0) is 97.9 Å². The lowest BCUT2D eigenvalue weighted by atomic mass is 9.84. The maximum absolute atomic E-state index is 5.20. The van der Waals surface area contributed by atoms with E-state index in [2.05, 4.69) is 240 Å². The Morgan fingerprint density at radius 3 is 1.31 bits per heavy atom. The Balaban J connectivity index is 1.15. The monoisotopic (exact) mass is 790 g/mol. The molecule has 0 aliphatic heterocycles. The molecule has 10 aromatic carbocycles. The highest BCUT2D eigenvalue weighted by Gasteiger charge is 2.22. The second kappa shape index (κ2) is 14.7. The second-order valence-corrected chi connectivity index (χ2v) is 15.7. The van der Waals surface area contributed by atoms with Gasteiger partial charge in [0.2, 0.25) is 0 Å². The third kappa shape index (κ3) is 5.84. The van der Waals surface area contributed by atoms with Gasteiger partial charge in [-0.3, -0.25) is 9.13 Å². The Morgan fingerprint density at radius 1 is 0.290 bits per heavy atom. The van der Waals surface area contributed by atoms with Gasteiger partial charge in [0.15, 0.2) is 0 Å². The molecule has 62 heavy (non-hydrogen) atoms. The molecule has 2 heterocycles. The zero-order chi connectivity index (χ0) is 41.0. The first-order valence-corrected chi connectivity index (χ1v) is 21.1. The maximum atomic E-state index is 5.20. The van der Waals surface area contributed by atoms with Crippen molar-refractivity contribution in [2.45, 2.75) is 0 Å². The summed E-state index contributed by atoms with van der Waals surface area (Å²) in [4.78, 5) is 10.4. The molecule has 12 aromatic rings. The molecule has 0 fully saturated rings. The molecule has 0 amide bonds. The minimum absolute atomic E-state index is 0.916. The molecule has 0 bridgehead atoms. The van der Waals surface area contributed by atoms with Crippen molar-refractivity contribution in [1.29, 1.82) is 0 Å². The van der Waals surface area contributed by atoms with Gasteiger partial charge < -0.3 is 0 Å². The number of hydrogen-bond donors (Lipinski definition) is 0. The van der Waals surface area contributed by atoms with Crippen molar-refractivity contribution in [1.82, 2.24) is 19.1 Å². The van der Waals surface area contributed by atoms with Crippen molar-refractivity contribution in [3.05, 3.63) is 231 Å². The Hall–Kier alpha value is -8.34. The topological polar surface area (TPSA) is 35.6 Å². The van der Waals surface area contributed by atoms with Crippen LogP contribution in [0.2, 0.25) is 0 Å². The molecule has 0 atom stereocenters. The zero-order valence-corrected chi connectivity index (χ0v) is 33.7.